The lowest BCUT2D eigenvalue weighted by atomic mass is 10.1. The minimum atomic E-state index is -5.08. The van der Waals surface area contributed by atoms with Crippen molar-refractivity contribution in [3.8, 4) is 5.75 Å². The summed E-state index contributed by atoms with van der Waals surface area (Å²) in [7, 11) is 1.55. The van der Waals surface area contributed by atoms with Gasteiger partial charge in [0.05, 0.1) is 24.9 Å². The number of carbonyl (C=O) groups is 4. The van der Waals surface area contributed by atoms with Crippen molar-refractivity contribution in [3.63, 3.8) is 0 Å². The molecule has 0 aliphatic carbocycles. The number of alkyl halides is 3. The Labute approximate surface area is 234 Å². The summed E-state index contributed by atoms with van der Waals surface area (Å²) in [5, 5.41) is 22.6. The van der Waals surface area contributed by atoms with Gasteiger partial charge in [-0.2, -0.15) is 13.2 Å². The van der Waals surface area contributed by atoms with E-state index < -0.39 is 18.1 Å². The van der Waals surface area contributed by atoms with Crippen molar-refractivity contribution in [1.29, 1.82) is 0 Å². The summed E-state index contributed by atoms with van der Waals surface area (Å²) in [6.07, 6.45) is -3.08. The van der Waals surface area contributed by atoms with Crippen LogP contribution in [0.3, 0.4) is 0 Å². The van der Waals surface area contributed by atoms with Gasteiger partial charge in [0.2, 0.25) is 5.91 Å². The maximum atomic E-state index is 12.5. The smallest absolute Gasteiger partial charge is 0.490 e. The maximum Gasteiger partial charge on any atom is 0.490 e. The standard InChI is InChI=1S/C25H32N4O5.C2HF3O2/c1-3-4-11-26-23(30)17-28-12-14-29(15-13-28)22-10-7-19(16-21(22)25(32)33)27-24(31)18-5-8-20(34-2)9-6-18;3-2(4,5)1(6)7/h5-10,16H,3-4,11-15,17H2,1-2H3,(H,26,30)(H,27,31)(H,32,33);(H,6,7). The monoisotopic (exact) mass is 582 g/mol. The summed E-state index contributed by atoms with van der Waals surface area (Å²) in [5.74, 6) is -3.49. The highest BCUT2D eigenvalue weighted by atomic mass is 19.4. The molecule has 224 valence electrons. The number of benzene rings is 2. The molecule has 1 aliphatic rings. The van der Waals surface area contributed by atoms with Gasteiger partial charge in [-0.25, -0.2) is 9.59 Å². The Kier molecular flexibility index (Phi) is 12.4. The molecule has 0 bridgehead atoms. The van der Waals surface area contributed by atoms with E-state index in [1.807, 2.05) is 4.90 Å². The number of aromatic carboxylic acids is 1. The van der Waals surface area contributed by atoms with Gasteiger partial charge in [0.1, 0.15) is 5.75 Å². The van der Waals surface area contributed by atoms with Gasteiger partial charge in [-0.15, -0.1) is 0 Å². The fourth-order valence-electron chi connectivity index (χ4n) is 3.82. The zero-order valence-corrected chi connectivity index (χ0v) is 22.7. The third-order valence-corrected chi connectivity index (χ3v) is 6.01. The van der Waals surface area contributed by atoms with Gasteiger partial charge in [0.15, 0.2) is 0 Å². The molecule has 11 nitrogen and oxygen atoms in total. The Morgan fingerprint density at radius 3 is 2.10 bits per heavy atom. The lowest BCUT2D eigenvalue weighted by Crippen LogP contribution is -2.49. The maximum absolute atomic E-state index is 12.5. The number of hydrogen-bond acceptors (Lipinski definition) is 7. The molecular formula is C27H33F3N4O7. The zero-order chi connectivity index (χ0) is 30.6. The molecule has 1 heterocycles. The Balaban J connectivity index is 0.000000745. The largest absolute Gasteiger partial charge is 0.497 e. The lowest BCUT2D eigenvalue weighted by Gasteiger charge is -2.36. The van der Waals surface area contributed by atoms with E-state index in [1.165, 1.54) is 6.07 Å². The number of ether oxygens (including phenoxy) is 1. The van der Waals surface area contributed by atoms with Crippen molar-refractivity contribution in [1.82, 2.24) is 10.2 Å². The van der Waals surface area contributed by atoms with Crippen molar-refractivity contribution in [2.24, 2.45) is 0 Å². The van der Waals surface area contributed by atoms with Gasteiger partial charge >= 0.3 is 18.1 Å². The van der Waals surface area contributed by atoms with E-state index in [2.05, 4.69) is 22.5 Å². The van der Waals surface area contributed by atoms with Crippen molar-refractivity contribution in [2.75, 3.05) is 56.6 Å². The zero-order valence-electron chi connectivity index (χ0n) is 22.7. The highest BCUT2D eigenvalue weighted by Gasteiger charge is 2.38. The summed E-state index contributed by atoms with van der Waals surface area (Å²) in [5.41, 5.74) is 1.57. The molecule has 2 aromatic carbocycles. The number of carbonyl (C=O) groups excluding carboxylic acids is 2. The van der Waals surface area contributed by atoms with Crippen LogP contribution in [0.15, 0.2) is 42.5 Å². The summed E-state index contributed by atoms with van der Waals surface area (Å²) in [6.45, 7) is 5.67. The first-order chi connectivity index (χ1) is 19.3. The molecule has 0 atom stereocenters. The van der Waals surface area contributed by atoms with Gasteiger partial charge in [0.25, 0.3) is 5.91 Å². The topological polar surface area (TPSA) is 149 Å². The predicted octanol–water partition coefficient (Wildman–Crippen LogP) is 3.32. The van der Waals surface area contributed by atoms with Crippen LogP contribution in [0, 0.1) is 0 Å². The molecule has 0 aromatic heterocycles. The molecule has 1 saturated heterocycles. The minimum Gasteiger partial charge on any atom is -0.497 e. The summed E-state index contributed by atoms with van der Waals surface area (Å²) >= 11 is 0. The second-order valence-corrected chi connectivity index (χ2v) is 8.99. The Morgan fingerprint density at radius 1 is 0.976 bits per heavy atom. The van der Waals surface area contributed by atoms with Crippen LogP contribution >= 0.6 is 0 Å². The molecule has 0 spiro atoms. The molecule has 2 aromatic rings. The third-order valence-electron chi connectivity index (χ3n) is 6.01. The van der Waals surface area contributed by atoms with Crippen LogP contribution in [0.4, 0.5) is 24.5 Å². The van der Waals surface area contributed by atoms with E-state index in [4.69, 9.17) is 14.6 Å². The lowest BCUT2D eigenvalue weighted by molar-refractivity contribution is -0.192. The summed E-state index contributed by atoms with van der Waals surface area (Å²) in [6, 6.07) is 11.6. The van der Waals surface area contributed by atoms with E-state index in [0.29, 0.717) is 62.0 Å². The van der Waals surface area contributed by atoms with Crippen LogP contribution in [0.2, 0.25) is 0 Å². The first-order valence-electron chi connectivity index (χ1n) is 12.7. The average Bonchev–Trinajstić information content (AvgIpc) is 2.93. The number of hydrogen-bond donors (Lipinski definition) is 4. The highest BCUT2D eigenvalue weighted by molar-refractivity contribution is 6.05. The fraction of sp³-hybridized carbons (Fsp3) is 0.407. The number of rotatable bonds is 10. The molecule has 1 aliphatic heterocycles. The van der Waals surface area contributed by atoms with Gasteiger partial charge in [0, 0.05) is 44.0 Å². The number of amides is 2. The highest BCUT2D eigenvalue weighted by Crippen LogP contribution is 2.26. The molecule has 14 heteroatoms. The second-order valence-electron chi connectivity index (χ2n) is 8.99. The van der Waals surface area contributed by atoms with Gasteiger partial charge in [-0.3, -0.25) is 14.5 Å². The van der Waals surface area contributed by atoms with E-state index in [9.17, 15) is 32.7 Å². The van der Waals surface area contributed by atoms with Crippen molar-refractivity contribution < 1.29 is 47.3 Å². The molecule has 2 amide bonds. The Morgan fingerprint density at radius 2 is 1.59 bits per heavy atom. The van der Waals surface area contributed by atoms with Crippen molar-refractivity contribution in [2.45, 2.75) is 25.9 Å². The SMILES string of the molecule is CCCCNC(=O)CN1CCN(c2ccc(NC(=O)c3ccc(OC)cc3)cc2C(=O)O)CC1.O=C(O)C(F)(F)F. The van der Waals surface area contributed by atoms with Gasteiger partial charge < -0.3 is 30.5 Å². The minimum absolute atomic E-state index is 0.0186. The van der Waals surface area contributed by atoms with Crippen LogP contribution < -0.4 is 20.3 Å². The van der Waals surface area contributed by atoms with E-state index in [-0.39, 0.29) is 17.4 Å². The molecule has 0 saturated carbocycles. The first-order valence-corrected chi connectivity index (χ1v) is 12.7. The second kappa shape index (κ2) is 15.5. The molecular weight excluding hydrogens is 549 g/mol. The normalized spacial score (nSPS) is 13.4. The number of nitrogens with zero attached hydrogens (tertiary/aromatic N) is 2. The summed E-state index contributed by atoms with van der Waals surface area (Å²) in [4.78, 5) is 49.5. The third kappa shape index (κ3) is 10.6. The number of methoxy groups -OCH3 is 1. The van der Waals surface area contributed by atoms with Gasteiger partial charge in [-0.05, 0) is 48.9 Å². The van der Waals surface area contributed by atoms with Crippen LogP contribution in [0.25, 0.3) is 0 Å². The fourth-order valence-corrected chi connectivity index (χ4v) is 3.82. The van der Waals surface area contributed by atoms with Crippen LogP contribution in [0.1, 0.15) is 40.5 Å². The molecule has 3 rings (SSSR count). The number of carboxylic acid groups (broad SMARTS) is 2. The van der Waals surface area contributed by atoms with Crippen LogP contribution in [-0.2, 0) is 9.59 Å². The molecule has 4 N–H and O–H groups in total. The number of piperazine rings is 1. The molecule has 41 heavy (non-hydrogen) atoms. The Hall–Kier alpha value is -4.33. The predicted molar refractivity (Wildman–Crippen MR) is 145 cm³/mol. The molecule has 0 unspecified atom stereocenters. The number of anilines is 2. The van der Waals surface area contributed by atoms with Crippen LogP contribution in [-0.4, -0.2) is 91.4 Å². The quantitative estimate of drug-likeness (QED) is 0.310. The van der Waals surface area contributed by atoms with E-state index >= 15 is 0 Å². The Bertz CT molecular complexity index is 1200. The average molecular weight is 583 g/mol. The van der Waals surface area contributed by atoms with Crippen molar-refractivity contribution >= 4 is 35.1 Å². The van der Waals surface area contributed by atoms with E-state index in [1.54, 1.807) is 43.5 Å². The van der Waals surface area contributed by atoms with Crippen molar-refractivity contribution in [3.05, 3.63) is 53.6 Å². The first kappa shape index (κ1) is 32.9. The van der Waals surface area contributed by atoms with Gasteiger partial charge in [-0.1, -0.05) is 13.3 Å². The number of unbranched alkanes of at least 4 members (excludes halogenated alkanes) is 1. The molecule has 1 fully saturated rings. The van der Waals surface area contributed by atoms with E-state index in [0.717, 1.165) is 12.8 Å². The number of halogens is 3. The number of nitrogens with one attached hydrogen (secondary N) is 2. The molecule has 0 radical (unpaired) electrons. The summed E-state index contributed by atoms with van der Waals surface area (Å²) < 4.78 is 36.8. The number of carboxylic acids is 2. The van der Waals surface area contributed by atoms with Crippen LogP contribution in [0.5, 0.6) is 5.75 Å². The number of aliphatic carboxylic acids is 1.